The lowest BCUT2D eigenvalue weighted by Gasteiger charge is -2.36. The number of urea groups is 1. The zero-order valence-electron chi connectivity index (χ0n) is 21.6. The molecule has 1 aliphatic heterocycles. The van der Waals surface area contributed by atoms with Crippen LogP contribution in [0.3, 0.4) is 0 Å². The summed E-state index contributed by atoms with van der Waals surface area (Å²) in [6.07, 6.45) is 1.40. The molecule has 1 saturated heterocycles. The van der Waals surface area contributed by atoms with Gasteiger partial charge in [-0.25, -0.2) is 4.79 Å². The van der Waals surface area contributed by atoms with Crippen LogP contribution < -0.4 is 10.6 Å². The van der Waals surface area contributed by atoms with Crippen molar-refractivity contribution in [3.05, 3.63) is 107 Å². The van der Waals surface area contributed by atoms with Crippen molar-refractivity contribution in [3.63, 3.8) is 0 Å². The Balaban J connectivity index is 1.29. The molecule has 3 aromatic carbocycles. The first-order chi connectivity index (χ1) is 19.1. The maximum Gasteiger partial charge on any atom is 0.319 e. The van der Waals surface area contributed by atoms with Gasteiger partial charge in [0.05, 0.1) is 18.8 Å². The normalized spacial score (nSPS) is 19.0. The molecule has 1 aromatic heterocycles. The highest BCUT2D eigenvalue weighted by Gasteiger charge is 2.32. The quantitative estimate of drug-likeness (QED) is 0.255. The van der Waals surface area contributed by atoms with Crippen LogP contribution in [0.25, 0.3) is 0 Å². The van der Waals surface area contributed by atoms with Crippen LogP contribution >= 0.6 is 11.8 Å². The van der Waals surface area contributed by atoms with Gasteiger partial charge in [0.1, 0.15) is 6.33 Å². The third-order valence-corrected chi connectivity index (χ3v) is 7.56. The van der Waals surface area contributed by atoms with E-state index in [4.69, 9.17) is 9.47 Å². The molecule has 2 heterocycles. The smallest absolute Gasteiger partial charge is 0.319 e. The van der Waals surface area contributed by atoms with Gasteiger partial charge in [0.15, 0.2) is 11.4 Å². The van der Waals surface area contributed by atoms with Gasteiger partial charge in [-0.2, -0.15) is 0 Å². The molecule has 0 aliphatic carbocycles. The average Bonchev–Trinajstić information content (AvgIpc) is 3.40. The number of aromatic nitrogens is 3. The van der Waals surface area contributed by atoms with Crippen molar-refractivity contribution in [1.82, 2.24) is 20.1 Å². The minimum atomic E-state index is -0.625. The van der Waals surface area contributed by atoms with E-state index in [-0.39, 0.29) is 24.8 Å². The number of carbonyl (C=O) groups excluding carboxylic acids is 1. The lowest BCUT2D eigenvalue weighted by Crippen LogP contribution is -2.31. The van der Waals surface area contributed by atoms with Crippen molar-refractivity contribution < 1.29 is 19.4 Å². The molecule has 0 bridgehead atoms. The van der Waals surface area contributed by atoms with Gasteiger partial charge in [-0.05, 0) is 28.8 Å². The Morgan fingerprint density at radius 2 is 1.85 bits per heavy atom. The van der Waals surface area contributed by atoms with Gasteiger partial charge in [0.25, 0.3) is 0 Å². The van der Waals surface area contributed by atoms with Gasteiger partial charge in [0.2, 0.25) is 0 Å². The average molecular weight is 546 g/mol. The van der Waals surface area contributed by atoms with Crippen LogP contribution in [-0.4, -0.2) is 37.8 Å². The summed E-state index contributed by atoms with van der Waals surface area (Å²) in [5.74, 6) is 0.678. The highest BCUT2D eigenvalue weighted by atomic mass is 32.2. The van der Waals surface area contributed by atoms with E-state index in [0.29, 0.717) is 24.4 Å². The summed E-state index contributed by atoms with van der Waals surface area (Å²) in [7, 11) is 1.91. The number of carbonyl (C=O) groups is 1. The number of ether oxygens (including phenoxy) is 2. The summed E-state index contributed by atoms with van der Waals surface area (Å²) < 4.78 is 14.7. The van der Waals surface area contributed by atoms with Gasteiger partial charge in [-0.3, -0.25) is 0 Å². The Morgan fingerprint density at radius 3 is 2.59 bits per heavy atom. The molecular weight excluding hydrogens is 514 g/mol. The van der Waals surface area contributed by atoms with E-state index in [1.807, 2.05) is 90.5 Å². The number of aliphatic hydroxyl groups is 1. The van der Waals surface area contributed by atoms with Crippen molar-refractivity contribution in [2.75, 3.05) is 11.1 Å². The van der Waals surface area contributed by atoms with Gasteiger partial charge in [-0.15, -0.1) is 10.2 Å². The number of rotatable bonds is 9. The first-order valence-electron chi connectivity index (χ1n) is 12.7. The molecule has 10 heteroatoms. The van der Waals surface area contributed by atoms with Gasteiger partial charge < -0.3 is 29.8 Å². The molecule has 1 fully saturated rings. The standard InChI is InChI=1S/C29H31N5O4S/c1-34-19-31-33-29(34)39-18-25-15-26(22-12-10-21(17-35)11-13-22)38-27(37-25)23-8-5-9-24(14-23)32-28(36)30-16-20-6-3-2-4-7-20/h2-14,19,25-27,35H,15-18H2,1H3,(H2,30,32,36)/t25-,26+,27+/m0/s1. The Labute approximate surface area is 231 Å². The number of thioether (sulfide) groups is 1. The van der Waals surface area contributed by atoms with Crippen LogP contribution in [0.4, 0.5) is 10.5 Å². The summed E-state index contributed by atoms with van der Waals surface area (Å²) >= 11 is 1.59. The van der Waals surface area contributed by atoms with Crippen molar-refractivity contribution in [2.45, 2.75) is 43.2 Å². The van der Waals surface area contributed by atoms with Crippen molar-refractivity contribution >= 4 is 23.5 Å². The molecule has 9 nitrogen and oxygen atoms in total. The van der Waals surface area contributed by atoms with Crippen molar-refractivity contribution in [3.8, 4) is 0 Å². The Kier molecular flexibility index (Phi) is 8.89. The third-order valence-electron chi connectivity index (χ3n) is 6.40. The number of hydrogen-bond acceptors (Lipinski definition) is 7. The van der Waals surface area contributed by atoms with E-state index in [0.717, 1.165) is 27.4 Å². The van der Waals surface area contributed by atoms with Crippen LogP contribution in [0.5, 0.6) is 0 Å². The van der Waals surface area contributed by atoms with Gasteiger partial charge in [0, 0.05) is 37.0 Å². The number of aliphatic hydroxyl groups excluding tert-OH is 1. The zero-order valence-corrected chi connectivity index (χ0v) is 22.4. The van der Waals surface area contributed by atoms with Crippen LogP contribution in [0.2, 0.25) is 0 Å². The first kappa shape index (κ1) is 26.9. The SMILES string of the molecule is Cn1cnnc1SC[C@@H]1C[C@H](c2ccc(CO)cc2)O[C@H](c2cccc(NC(=O)NCc3ccccc3)c2)O1. The summed E-state index contributed by atoms with van der Waals surface area (Å²) in [6, 6.07) is 24.8. The molecule has 2 amide bonds. The number of amides is 2. The van der Waals surface area contributed by atoms with Crippen molar-refractivity contribution in [1.29, 1.82) is 0 Å². The molecule has 39 heavy (non-hydrogen) atoms. The van der Waals surface area contributed by atoms with E-state index in [1.165, 1.54) is 0 Å². The lowest BCUT2D eigenvalue weighted by molar-refractivity contribution is -0.245. The summed E-state index contributed by atoms with van der Waals surface area (Å²) in [5, 5.41) is 24.2. The molecule has 4 aromatic rings. The number of nitrogens with zero attached hydrogens (tertiary/aromatic N) is 3. The molecule has 0 radical (unpaired) electrons. The third kappa shape index (κ3) is 7.24. The molecule has 202 valence electrons. The molecular formula is C29H31N5O4S. The molecule has 1 aliphatic rings. The largest absolute Gasteiger partial charge is 0.392 e. The maximum atomic E-state index is 12.5. The summed E-state index contributed by atoms with van der Waals surface area (Å²) in [5.41, 5.74) is 4.34. The topological polar surface area (TPSA) is 111 Å². The minimum Gasteiger partial charge on any atom is -0.392 e. The molecule has 0 unspecified atom stereocenters. The fraction of sp³-hybridized carbons (Fsp3) is 0.276. The predicted molar refractivity (Wildman–Crippen MR) is 149 cm³/mol. The number of nitrogens with one attached hydrogen (secondary N) is 2. The predicted octanol–water partition coefficient (Wildman–Crippen LogP) is 4.97. The summed E-state index contributed by atoms with van der Waals surface area (Å²) in [6.45, 7) is 0.427. The van der Waals surface area contributed by atoms with Crippen molar-refractivity contribution in [2.24, 2.45) is 7.05 Å². The molecule has 3 N–H and O–H groups in total. The van der Waals surface area contributed by atoms with Gasteiger partial charge >= 0.3 is 6.03 Å². The Bertz CT molecular complexity index is 1370. The monoisotopic (exact) mass is 545 g/mol. The lowest BCUT2D eigenvalue weighted by atomic mass is 10.0. The maximum absolute atomic E-state index is 12.5. The second kappa shape index (κ2) is 12.9. The first-order valence-corrected chi connectivity index (χ1v) is 13.7. The van der Waals surface area contributed by atoms with Gasteiger partial charge in [-0.1, -0.05) is 78.5 Å². The molecule has 5 rings (SSSR count). The second-order valence-corrected chi connectivity index (χ2v) is 10.3. The number of anilines is 1. The van der Waals surface area contributed by atoms with Crippen LogP contribution in [0, 0.1) is 0 Å². The Morgan fingerprint density at radius 1 is 1.03 bits per heavy atom. The number of benzene rings is 3. The molecule has 0 spiro atoms. The van der Waals surface area contributed by atoms with E-state index < -0.39 is 6.29 Å². The van der Waals surface area contributed by atoms with E-state index in [2.05, 4.69) is 20.8 Å². The second-order valence-electron chi connectivity index (χ2n) is 9.30. The Hall–Kier alpha value is -3.70. The summed E-state index contributed by atoms with van der Waals surface area (Å²) in [4.78, 5) is 12.5. The van der Waals surface area contributed by atoms with E-state index in [9.17, 15) is 9.90 Å². The zero-order chi connectivity index (χ0) is 27.0. The number of hydrogen-bond donors (Lipinski definition) is 3. The molecule has 3 atom stereocenters. The van der Waals surface area contributed by atoms with Crippen LogP contribution in [-0.2, 0) is 29.7 Å². The highest BCUT2D eigenvalue weighted by Crippen LogP contribution is 2.39. The van der Waals surface area contributed by atoms with Crippen LogP contribution in [0.1, 0.15) is 41.1 Å². The van der Waals surface area contributed by atoms with E-state index in [1.54, 1.807) is 18.1 Å². The molecule has 0 saturated carbocycles. The van der Waals surface area contributed by atoms with E-state index >= 15 is 0 Å². The fourth-order valence-corrected chi connectivity index (χ4v) is 5.22. The fourth-order valence-electron chi connectivity index (χ4n) is 4.31. The highest BCUT2D eigenvalue weighted by molar-refractivity contribution is 7.99. The minimum absolute atomic E-state index is 0.00672. The number of aryl methyl sites for hydroxylation is 1. The van der Waals surface area contributed by atoms with Crippen LogP contribution in [0.15, 0.2) is 90.3 Å².